The second kappa shape index (κ2) is 6.42. The molecule has 1 spiro atoms. The number of hydrogen-bond donors (Lipinski definition) is 0. The molecular weight excluding hydrogens is 284 g/mol. The molecule has 3 nitrogen and oxygen atoms in total. The normalized spacial score (nSPS) is 28.3. The van der Waals surface area contributed by atoms with E-state index in [-0.39, 0.29) is 5.60 Å². The molecule has 3 heterocycles. The van der Waals surface area contributed by atoms with Gasteiger partial charge in [-0.15, -0.1) is 0 Å². The standard InChI is InChI=1S/C20H24N2O/c1-2-5-18(6-3-1)19-13-20(23-15-19)9-4-12-22(16-20)14-17-7-10-21-11-8-17/h1-3,5-8,10-11,19H,4,9,12-16H2/t19-,20-/m0/s1. The van der Waals surface area contributed by atoms with Crippen molar-refractivity contribution in [2.75, 3.05) is 19.7 Å². The molecular formula is C20H24N2O. The summed E-state index contributed by atoms with van der Waals surface area (Å²) in [4.78, 5) is 6.66. The lowest BCUT2D eigenvalue weighted by Crippen LogP contribution is -2.47. The molecule has 2 aromatic rings. The lowest BCUT2D eigenvalue weighted by molar-refractivity contribution is -0.0533. The molecule has 3 heteroatoms. The van der Waals surface area contributed by atoms with Crippen LogP contribution in [0.15, 0.2) is 54.9 Å². The molecule has 2 aliphatic heterocycles. The molecule has 2 aliphatic rings. The van der Waals surface area contributed by atoms with Gasteiger partial charge >= 0.3 is 0 Å². The maximum Gasteiger partial charge on any atom is 0.0816 e. The van der Waals surface area contributed by atoms with E-state index in [1.807, 2.05) is 12.4 Å². The van der Waals surface area contributed by atoms with Crippen molar-refractivity contribution >= 4 is 0 Å². The minimum absolute atomic E-state index is 0.0613. The van der Waals surface area contributed by atoms with Crippen LogP contribution in [0.1, 0.15) is 36.3 Å². The van der Waals surface area contributed by atoms with Gasteiger partial charge < -0.3 is 4.74 Å². The zero-order valence-corrected chi connectivity index (χ0v) is 13.5. The van der Waals surface area contributed by atoms with Crippen LogP contribution in [0, 0.1) is 0 Å². The molecule has 1 aromatic carbocycles. The SMILES string of the molecule is c1ccc([C@@H]2CO[C@@]3(CCCN(Cc4ccncc4)C3)C2)cc1. The highest BCUT2D eigenvalue weighted by molar-refractivity contribution is 5.22. The predicted molar refractivity (Wildman–Crippen MR) is 91.2 cm³/mol. The highest BCUT2D eigenvalue weighted by atomic mass is 16.5. The van der Waals surface area contributed by atoms with E-state index in [1.54, 1.807) is 0 Å². The average molecular weight is 308 g/mol. The summed E-state index contributed by atoms with van der Waals surface area (Å²) in [6, 6.07) is 15.1. The third-order valence-corrected chi connectivity index (χ3v) is 5.25. The molecule has 0 bridgehead atoms. The van der Waals surface area contributed by atoms with Crippen molar-refractivity contribution in [2.24, 2.45) is 0 Å². The molecule has 23 heavy (non-hydrogen) atoms. The van der Waals surface area contributed by atoms with Crippen molar-refractivity contribution in [3.63, 3.8) is 0 Å². The van der Waals surface area contributed by atoms with Gasteiger partial charge in [-0.1, -0.05) is 30.3 Å². The van der Waals surface area contributed by atoms with Gasteiger partial charge in [-0.05, 0) is 49.1 Å². The minimum Gasteiger partial charge on any atom is -0.373 e. The van der Waals surface area contributed by atoms with Crippen LogP contribution in [0.5, 0.6) is 0 Å². The quantitative estimate of drug-likeness (QED) is 0.866. The summed E-state index contributed by atoms with van der Waals surface area (Å²) in [5.74, 6) is 0.553. The number of ether oxygens (including phenoxy) is 1. The Morgan fingerprint density at radius 1 is 1.13 bits per heavy atom. The Labute approximate surface area is 138 Å². The fourth-order valence-electron chi connectivity index (χ4n) is 4.14. The fourth-order valence-corrected chi connectivity index (χ4v) is 4.14. The maximum atomic E-state index is 6.36. The Hall–Kier alpha value is -1.71. The summed E-state index contributed by atoms with van der Waals surface area (Å²) in [6.07, 6.45) is 7.35. The zero-order valence-electron chi connectivity index (χ0n) is 13.5. The van der Waals surface area contributed by atoms with E-state index in [1.165, 1.54) is 30.5 Å². The van der Waals surface area contributed by atoms with E-state index in [0.717, 1.165) is 26.1 Å². The van der Waals surface area contributed by atoms with Gasteiger partial charge in [0.15, 0.2) is 0 Å². The van der Waals surface area contributed by atoms with E-state index < -0.39 is 0 Å². The number of hydrogen-bond acceptors (Lipinski definition) is 3. The van der Waals surface area contributed by atoms with Crippen LogP contribution < -0.4 is 0 Å². The lowest BCUT2D eigenvalue weighted by Gasteiger charge is -2.40. The van der Waals surface area contributed by atoms with Gasteiger partial charge in [0.2, 0.25) is 0 Å². The Balaban J connectivity index is 1.43. The molecule has 0 aliphatic carbocycles. The molecule has 1 aromatic heterocycles. The van der Waals surface area contributed by atoms with E-state index in [0.29, 0.717) is 5.92 Å². The van der Waals surface area contributed by atoms with Gasteiger partial charge in [0, 0.05) is 31.4 Å². The first-order valence-electron chi connectivity index (χ1n) is 8.63. The Kier molecular flexibility index (Phi) is 4.15. The van der Waals surface area contributed by atoms with Crippen LogP contribution in [-0.4, -0.2) is 35.2 Å². The molecule has 0 radical (unpaired) electrons. The maximum absolute atomic E-state index is 6.36. The van der Waals surface area contributed by atoms with Crippen molar-refractivity contribution in [3.8, 4) is 0 Å². The minimum atomic E-state index is 0.0613. The van der Waals surface area contributed by atoms with Crippen LogP contribution in [-0.2, 0) is 11.3 Å². The first kappa shape index (κ1) is 14.9. The van der Waals surface area contributed by atoms with Crippen molar-refractivity contribution in [3.05, 3.63) is 66.0 Å². The number of piperidine rings is 1. The molecule has 0 amide bonds. The van der Waals surface area contributed by atoms with Crippen molar-refractivity contribution in [1.82, 2.24) is 9.88 Å². The lowest BCUT2D eigenvalue weighted by atomic mass is 9.84. The largest absolute Gasteiger partial charge is 0.373 e. The fraction of sp³-hybridized carbons (Fsp3) is 0.450. The molecule has 0 unspecified atom stereocenters. The van der Waals surface area contributed by atoms with Gasteiger partial charge in [0.1, 0.15) is 0 Å². The van der Waals surface area contributed by atoms with E-state index >= 15 is 0 Å². The third kappa shape index (κ3) is 3.31. The van der Waals surface area contributed by atoms with Crippen LogP contribution in [0.4, 0.5) is 0 Å². The second-order valence-corrected chi connectivity index (χ2v) is 6.98. The smallest absolute Gasteiger partial charge is 0.0816 e. The highest BCUT2D eigenvalue weighted by Crippen LogP contribution is 2.41. The molecule has 120 valence electrons. The topological polar surface area (TPSA) is 25.4 Å². The summed E-state index contributed by atoms with van der Waals surface area (Å²) >= 11 is 0. The van der Waals surface area contributed by atoms with E-state index in [2.05, 4.69) is 52.3 Å². The molecule has 2 atom stereocenters. The summed E-state index contributed by atoms with van der Waals surface area (Å²) in [5.41, 5.74) is 2.83. The molecule has 4 rings (SSSR count). The number of pyridine rings is 1. The van der Waals surface area contributed by atoms with Crippen LogP contribution in [0.25, 0.3) is 0 Å². The third-order valence-electron chi connectivity index (χ3n) is 5.25. The second-order valence-electron chi connectivity index (χ2n) is 6.98. The van der Waals surface area contributed by atoms with Crippen molar-refractivity contribution < 1.29 is 4.74 Å². The van der Waals surface area contributed by atoms with E-state index in [9.17, 15) is 0 Å². The van der Waals surface area contributed by atoms with Crippen molar-refractivity contribution in [1.29, 1.82) is 0 Å². The van der Waals surface area contributed by atoms with Crippen molar-refractivity contribution in [2.45, 2.75) is 37.3 Å². The monoisotopic (exact) mass is 308 g/mol. The molecule has 0 N–H and O–H groups in total. The van der Waals surface area contributed by atoms with E-state index in [4.69, 9.17) is 4.74 Å². The summed E-state index contributed by atoms with van der Waals surface area (Å²) in [5, 5.41) is 0. The first-order valence-corrected chi connectivity index (χ1v) is 8.63. The van der Waals surface area contributed by atoms with Crippen LogP contribution >= 0.6 is 0 Å². The number of aromatic nitrogens is 1. The van der Waals surface area contributed by atoms with Crippen LogP contribution in [0.2, 0.25) is 0 Å². The average Bonchev–Trinajstić information content (AvgIpc) is 3.00. The van der Waals surface area contributed by atoms with Gasteiger partial charge in [0.05, 0.1) is 12.2 Å². The summed E-state index contributed by atoms with van der Waals surface area (Å²) in [6.45, 7) is 4.10. The molecule has 2 saturated heterocycles. The number of rotatable bonds is 3. The Morgan fingerprint density at radius 3 is 2.78 bits per heavy atom. The Bertz CT molecular complexity index is 631. The zero-order chi connectivity index (χ0) is 15.5. The predicted octanol–water partition coefficient (Wildman–Crippen LogP) is 3.62. The van der Waals surface area contributed by atoms with Gasteiger partial charge in [-0.25, -0.2) is 0 Å². The molecule has 2 fully saturated rings. The number of benzene rings is 1. The number of likely N-dealkylation sites (tertiary alicyclic amines) is 1. The summed E-state index contributed by atoms with van der Waals surface area (Å²) < 4.78 is 6.36. The summed E-state index contributed by atoms with van der Waals surface area (Å²) in [7, 11) is 0. The number of nitrogens with zero attached hydrogens (tertiary/aromatic N) is 2. The Morgan fingerprint density at radius 2 is 1.96 bits per heavy atom. The van der Waals surface area contributed by atoms with Gasteiger partial charge in [0.25, 0.3) is 0 Å². The van der Waals surface area contributed by atoms with Gasteiger partial charge in [-0.2, -0.15) is 0 Å². The first-order chi connectivity index (χ1) is 11.3. The van der Waals surface area contributed by atoms with Crippen LogP contribution in [0.3, 0.4) is 0 Å². The highest BCUT2D eigenvalue weighted by Gasteiger charge is 2.43. The van der Waals surface area contributed by atoms with Gasteiger partial charge in [-0.3, -0.25) is 9.88 Å². The molecule has 0 saturated carbocycles.